The van der Waals surface area contributed by atoms with Crippen molar-refractivity contribution in [3.05, 3.63) is 24.3 Å². The van der Waals surface area contributed by atoms with E-state index in [1.807, 2.05) is 0 Å². The SMILES string of the molecule is Cl.O=C(Nc1ccc(NC(=O)C2CC(F)(F)CN2)cc1)C1CC1. The number of carbonyl (C=O) groups is 2. The third-order valence-corrected chi connectivity index (χ3v) is 3.79. The quantitative estimate of drug-likeness (QED) is 0.784. The van der Waals surface area contributed by atoms with Gasteiger partial charge in [-0.1, -0.05) is 0 Å². The lowest BCUT2D eigenvalue weighted by molar-refractivity contribution is -0.118. The number of anilines is 2. The van der Waals surface area contributed by atoms with Crippen LogP contribution < -0.4 is 16.0 Å². The van der Waals surface area contributed by atoms with E-state index in [9.17, 15) is 18.4 Å². The molecule has 1 aromatic carbocycles. The highest BCUT2D eigenvalue weighted by molar-refractivity contribution is 5.96. The second-order valence-corrected chi connectivity index (χ2v) is 5.82. The highest BCUT2D eigenvalue weighted by Gasteiger charge is 2.42. The van der Waals surface area contributed by atoms with Gasteiger partial charge in [0.1, 0.15) is 0 Å². The Labute approximate surface area is 138 Å². The average molecular weight is 346 g/mol. The normalized spacial score (nSPS) is 22.1. The molecule has 1 unspecified atom stereocenters. The van der Waals surface area contributed by atoms with Gasteiger partial charge in [0.15, 0.2) is 0 Å². The third-order valence-electron chi connectivity index (χ3n) is 3.79. The molecule has 0 bridgehead atoms. The Hall–Kier alpha value is -1.73. The second-order valence-electron chi connectivity index (χ2n) is 5.82. The molecule has 0 aromatic heterocycles. The monoisotopic (exact) mass is 345 g/mol. The van der Waals surface area contributed by atoms with E-state index < -0.39 is 30.8 Å². The molecule has 1 saturated heterocycles. The van der Waals surface area contributed by atoms with Crippen molar-refractivity contribution in [2.24, 2.45) is 5.92 Å². The van der Waals surface area contributed by atoms with Crippen LogP contribution in [-0.4, -0.2) is 30.3 Å². The molecule has 0 spiro atoms. The van der Waals surface area contributed by atoms with Crippen LogP contribution in [0.15, 0.2) is 24.3 Å². The molecule has 23 heavy (non-hydrogen) atoms. The predicted molar refractivity (Wildman–Crippen MR) is 85.0 cm³/mol. The molecule has 1 aliphatic heterocycles. The minimum absolute atomic E-state index is 0. The molecule has 1 aliphatic carbocycles. The van der Waals surface area contributed by atoms with E-state index in [0.29, 0.717) is 11.4 Å². The van der Waals surface area contributed by atoms with E-state index in [4.69, 9.17) is 0 Å². The van der Waals surface area contributed by atoms with Crippen LogP contribution in [0.4, 0.5) is 20.2 Å². The molecule has 8 heteroatoms. The van der Waals surface area contributed by atoms with Crippen molar-refractivity contribution >= 4 is 35.6 Å². The number of carbonyl (C=O) groups excluding carboxylic acids is 2. The van der Waals surface area contributed by atoms with Gasteiger partial charge in [0, 0.05) is 23.7 Å². The van der Waals surface area contributed by atoms with Crippen LogP contribution in [-0.2, 0) is 9.59 Å². The Morgan fingerprint density at radius 3 is 2.00 bits per heavy atom. The maximum absolute atomic E-state index is 13.1. The average Bonchev–Trinajstić information content (AvgIpc) is 3.25. The van der Waals surface area contributed by atoms with Crippen molar-refractivity contribution in [1.29, 1.82) is 0 Å². The Morgan fingerprint density at radius 1 is 1.04 bits per heavy atom. The number of hydrogen-bond acceptors (Lipinski definition) is 3. The summed E-state index contributed by atoms with van der Waals surface area (Å²) in [6, 6.07) is 5.73. The molecule has 2 fully saturated rings. The van der Waals surface area contributed by atoms with Crippen LogP contribution in [0.3, 0.4) is 0 Å². The number of alkyl halides is 2. The van der Waals surface area contributed by atoms with Crippen molar-refractivity contribution in [3.63, 3.8) is 0 Å². The summed E-state index contributed by atoms with van der Waals surface area (Å²) in [4.78, 5) is 23.5. The Kier molecular flexibility index (Phi) is 5.21. The third kappa shape index (κ3) is 4.62. The maximum atomic E-state index is 13.1. The fraction of sp³-hybridized carbons (Fsp3) is 0.467. The first kappa shape index (κ1) is 17.6. The van der Waals surface area contributed by atoms with Crippen molar-refractivity contribution in [2.45, 2.75) is 31.2 Å². The summed E-state index contributed by atoms with van der Waals surface area (Å²) in [6.45, 7) is -0.475. The van der Waals surface area contributed by atoms with Crippen LogP contribution in [0.2, 0.25) is 0 Å². The zero-order chi connectivity index (χ0) is 15.7. The van der Waals surface area contributed by atoms with Gasteiger partial charge in [0.25, 0.3) is 5.92 Å². The smallest absolute Gasteiger partial charge is 0.262 e. The van der Waals surface area contributed by atoms with E-state index in [0.717, 1.165) is 12.8 Å². The molecule has 1 atom stereocenters. The molecule has 2 amide bonds. The second kappa shape index (κ2) is 6.80. The largest absolute Gasteiger partial charge is 0.326 e. The zero-order valence-electron chi connectivity index (χ0n) is 12.3. The molecule has 2 aliphatic rings. The fourth-order valence-corrected chi connectivity index (χ4v) is 2.36. The minimum atomic E-state index is -2.83. The van der Waals surface area contributed by atoms with Gasteiger partial charge in [-0.2, -0.15) is 0 Å². The highest BCUT2D eigenvalue weighted by atomic mass is 35.5. The first-order valence-electron chi connectivity index (χ1n) is 7.26. The Balaban J connectivity index is 0.00000192. The number of amides is 2. The molecule has 0 radical (unpaired) electrons. The standard InChI is InChI=1S/C15H17F2N3O2.ClH/c16-15(17)7-12(18-8-15)14(22)20-11-5-3-10(4-6-11)19-13(21)9-1-2-9;/h3-6,9,12,18H,1-2,7-8H2,(H,19,21)(H,20,22);1H. The van der Waals surface area contributed by atoms with Gasteiger partial charge in [-0.25, -0.2) is 8.78 Å². The number of hydrogen-bond donors (Lipinski definition) is 3. The van der Waals surface area contributed by atoms with Crippen LogP contribution in [0.25, 0.3) is 0 Å². The molecule has 3 rings (SSSR count). The molecule has 1 heterocycles. The van der Waals surface area contributed by atoms with Crippen molar-refractivity contribution in [1.82, 2.24) is 5.32 Å². The molecule has 126 valence electrons. The Bertz CT molecular complexity index is 591. The van der Waals surface area contributed by atoms with Crippen LogP contribution in [0.1, 0.15) is 19.3 Å². The van der Waals surface area contributed by atoms with Gasteiger partial charge >= 0.3 is 0 Å². The molecule has 1 aromatic rings. The summed E-state index contributed by atoms with van der Waals surface area (Å²) in [5.74, 6) is -3.19. The molecule has 1 saturated carbocycles. The van der Waals surface area contributed by atoms with E-state index >= 15 is 0 Å². The topological polar surface area (TPSA) is 70.2 Å². The fourth-order valence-electron chi connectivity index (χ4n) is 2.36. The predicted octanol–water partition coefficient (Wildman–Crippen LogP) is 2.39. The lowest BCUT2D eigenvalue weighted by Gasteiger charge is -2.12. The molecular formula is C15H18ClF2N3O2. The Morgan fingerprint density at radius 2 is 1.57 bits per heavy atom. The molecule has 5 nitrogen and oxygen atoms in total. The molecular weight excluding hydrogens is 328 g/mol. The van der Waals surface area contributed by atoms with Gasteiger partial charge in [0.2, 0.25) is 11.8 Å². The van der Waals surface area contributed by atoms with Crippen LogP contribution >= 0.6 is 12.4 Å². The van der Waals surface area contributed by atoms with Crippen molar-refractivity contribution < 1.29 is 18.4 Å². The van der Waals surface area contributed by atoms with E-state index in [-0.39, 0.29) is 24.2 Å². The van der Waals surface area contributed by atoms with E-state index in [1.54, 1.807) is 24.3 Å². The zero-order valence-corrected chi connectivity index (χ0v) is 13.1. The summed E-state index contributed by atoms with van der Waals surface area (Å²) >= 11 is 0. The first-order valence-corrected chi connectivity index (χ1v) is 7.26. The van der Waals surface area contributed by atoms with Gasteiger partial charge in [0.05, 0.1) is 12.6 Å². The summed E-state index contributed by atoms with van der Waals surface area (Å²) in [7, 11) is 0. The maximum Gasteiger partial charge on any atom is 0.262 e. The number of benzene rings is 1. The van der Waals surface area contributed by atoms with Crippen molar-refractivity contribution in [2.75, 3.05) is 17.2 Å². The van der Waals surface area contributed by atoms with Crippen LogP contribution in [0, 0.1) is 5.92 Å². The van der Waals surface area contributed by atoms with E-state index in [1.165, 1.54) is 0 Å². The summed E-state index contributed by atoms with van der Waals surface area (Å²) in [6.07, 6.45) is 1.37. The van der Waals surface area contributed by atoms with Crippen LogP contribution in [0.5, 0.6) is 0 Å². The van der Waals surface area contributed by atoms with Gasteiger partial charge in [-0.15, -0.1) is 12.4 Å². The lowest BCUT2D eigenvalue weighted by Crippen LogP contribution is -2.35. The van der Waals surface area contributed by atoms with E-state index in [2.05, 4.69) is 16.0 Å². The lowest BCUT2D eigenvalue weighted by atomic mass is 10.1. The summed E-state index contributed by atoms with van der Waals surface area (Å²) < 4.78 is 26.1. The first-order chi connectivity index (χ1) is 10.4. The van der Waals surface area contributed by atoms with Crippen molar-refractivity contribution in [3.8, 4) is 0 Å². The number of nitrogens with one attached hydrogen (secondary N) is 3. The molecule has 3 N–H and O–H groups in total. The van der Waals surface area contributed by atoms with Gasteiger partial charge in [-0.05, 0) is 37.1 Å². The summed E-state index contributed by atoms with van der Waals surface area (Å²) in [5, 5.41) is 7.88. The summed E-state index contributed by atoms with van der Waals surface area (Å²) in [5.41, 5.74) is 1.16. The number of halogens is 3. The minimum Gasteiger partial charge on any atom is -0.326 e. The highest BCUT2D eigenvalue weighted by Crippen LogP contribution is 2.30. The van der Waals surface area contributed by atoms with Gasteiger partial charge < -0.3 is 10.6 Å². The number of rotatable bonds is 4. The van der Waals surface area contributed by atoms with Gasteiger partial charge in [-0.3, -0.25) is 14.9 Å².